The minimum atomic E-state index is 0.504. The fraction of sp³-hybridized carbons (Fsp3) is 0.333. The van der Waals surface area contributed by atoms with Gasteiger partial charge in [-0.05, 0) is 24.0 Å². The molecule has 0 aliphatic carbocycles. The quantitative estimate of drug-likeness (QED) is 0.878. The number of hydrogen-bond donors (Lipinski definition) is 1. The molecule has 18 heavy (non-hydrogen) atoms. The van der Waals surface area contributed by atoms with Gasteiger partial charge in [-0.25, -0.2) is 0 Å². The Morgan fingerprint density at radius 1 is 1.44 bits per heavy atom. The molecule has 96 valence electrons. The summed E-state index contributed by atoms with van der Waals surface area (Å²) in [6.07, 6.45) is 0. The van der Waals surface area contributed by atoms with Crippen molar-refractivity contribution >= 4 is 29.1 Å². The van der Waals surface area contributed by atoms with Gasteiger partial charge in [0.25, 0.3) is 0 Å². The topological polar surface area (TPSA) is 51.0 Å². The Labute approximate surface area is 115 Å². The van der Waals surface area contributed by atoms with Gasteiger partial charge in [0, 0.05) is 10.7 Å². The van der Waals surface area contributed by atoms with Crippen LogP contribution in [0.3, 0.4) is 0 Å². The largest absolute Gasteiger partial charge is 0.376 e. The Hall–Kier alpha value is -1.20. The predicted octanol–water partition coefficient (Wildman–Crippen LogP) is 3.59. The molecule has 0 unspecified atom stereocenters. The molecule has 2 aromatic rings. The van der Waals surface area contributed by atoms with E-state index in [1.807, 2.05) is 24.3 Å². The van der Waals surface area contributed by atoms with Gasteiger partial charge in [-0.15, -0.1) is 0 Å². The summed E-state index contributed by atoms with van der Waals surface area (Å²) in [5.41, 5.74) is 0.935. The normalized spacial score (nSPS) is 10.6. The molecule has 6 heteroatoms. The van der Waals surface area contributed by atoms with Crippen molar-refractivity contribution in [2.24, 2.45) is 0 Å². The third-order valence-corrected chi connectivity index (χ3v) is 3.32. The minimum absolute atomic E-state index is 0.504. The van der Waals surface area contributed by atoms with Gasteiger partial charge in [-0.1, -0.05) is 29.7 Å². The molecule has 0 atom stereocenters. The predicted molar refractivity (Wildman–Crippen MR) is 74.9 cm³/mol. The number of thioether (sulfide) groups is 1. The summed E-state index contributed by atoms with van der Waals surface area (Å²) in [7, 11) is 0. The number of halogens is 1. The number of rotatable bonds is 6. The summed E-state index contributed by atoms with van der Waals surface area (Å²) in [6.45, 7) is 2.61. The zero-order valence-corrected chi connectivity index (χ0v) is 11.6. The van der Waals surface area contributed by atoms with Gasteiger partial charge in [0.05, 0.1) is 12.3 Å². The second-order valence-electron chi connectivity index (χ2n) is 3.61. The van der Waals surface area contributed by atoms with E-state index in [0.29, 0.717) is 17.5 Å². The summed E-state index contributed by atoms with van der Waals surface area (Å²) in [6, 6.07) is 7.52. The first-order chi connectivity index (χ1) is 8.78. The number of hydrogen-bond acceptors (Lipinski definition) is 5. The summed E-state index contributed by atoms with van der Waals surface area (Å²) >= 11 is 7.66. The van der Waals surface area contributed by atoms with Crippen molar-refractivity contribution in [2.75, 3.05) is 11.1 Å². The van der Waals surface area contributed by atoms with Gasteiger partial charge in [-0.3, -0.25) is 0 Å². The molecule has 0 bridgehead atoms. The highest BCUT2D eigenvalue weighted by Gasteiger charge is 2.05. The average Bonchev–Trinajstić information content (AvgIpc) is 2.82. The SMILES string of the molecule is CCSCc1noc(CNc2cccc(Cl)c2)n1. The smallest absolute Gasteiger partial charge is 0.245 e. The molecule has 0 saturated heterocycles. The molecule has 0 aliphatic heterocycles. The highest BCUT2D eigenvalue weighted by molar-refractivity contribution is 7.98. The van der Waals surface area contributed by atoms with Crippen LogP contribution >= 0.6 is 23.4 Å². The number of nitrogens with zero attached hydrogens (tertiary/aromatic N) is 2. The summed E-state index contributed by atoms with van der Waals surface area (Å²) in [5, 5.41) is 7.79. The number of anilines is 1. The first kappa shape index (κ1) is 13.2. The van der Waals surface area contributed by atoms with Crippen molar-refractivity contribution in [3.05, 3.63) is 41.0 Å². The van der Waals surface area contributed by atoms with Crippen molar-refractivity contribution < 1.29 is 4.52 Å². The maximum atomic E-state index is 5.89. The first-order valence-corrected chi connectivity index (χ1v) is 7.20. The monoisotopic (exact) mass is 283 g/mol. The molecule has 1 N–H and O–H groups in total. The lowest BCUT2D eigenvalue weighted by atomic mass is 10.3. The van der Waals surface area contributed by atoms with E-state index in [2.05, 4.69) is 22.4 Å². The highest BCUT2D eigenvalue weighted by atomic mass is 35.5. The number of benzene rings is 1. The fourth-order valence-corrected chi connectivity index (χ4v) is 2.08. The fourth-order valence-electron chi connectivity index (χ4n) is 1.39. The Morgan fingerprint density at radius 2 is 2.33 bits per heavy atom. The Balaban J connectivity index is 1.88. The zero-order valence-electron chi connectivity index (χ0n) is 10.0. The van der Waals surface area contributed by atoms with E-state index in [0.717, 1.165) is 23.0 Å². The van der Waals surface area contributed by atoms with E-state index < -0.39 is 0 Å². The van der Waals surface area contributed by atoms with E-state index in [9.17, 15) is 0 Å². The van der Waals surface area contributed by atoms with Crippen LogP contribution < -0.4 is 5.32 Å². The molecule has 1 aromatic carbocycles. The third-order valence-electron chi connectivity index (χ3n) is 2.21. The average molecular weight is 284 g/mol. The van der Waals surface area contributed by atoms with Crippen molar-refractivity contribution in [1.29, 1.82) is 0 Å². The van der Waals surface area contributed by atoms with Crippen LogP contribution in [0.4, 0.5) is 5.69 Å². The first-order valence-electron chi connectivity index (χ1n) is 5.66. The molecule has 2 rings (SSSR count). The van der Waals surface area contributed by atoms with Crippen LogP contribution in [0.15, 0.2) is 28.8 Å². The molecule has 4 nitrogen and oxygen atoms in total. The van der Waals surface area contributed by atoms with Crippen molar-refractivity contribution in [1.82, 2.24) is 10.1 Å². The summed E-state index contributed by atoms with van der Waals surface area (Å²) < 4.78 is 5.14. The van der Waals surface area contributed by atoms with Gasteiger partial charge in [0.2, 0.25) is 5.89 Å². The van der Waals surface area contributed by atoms with Crippen LogP contribution in [0.2, 0.25) is 5.02 Å². The van der Waals surface area contributed by atoms with E-state index in [1.54, 1.807) is 11.8 Å². The molecule has 0 fully saturated rings. The van der Waals surface area contributed by atoms with E-state index in [1.165, 1.54) is 0 Å². The van der Waals surface area contributed by atoms with Crippen LogP contribution in [0.25, 0.3) is 0 Å². The zero-order chi connectivity index (χ0) is 12.8. The molecule has 0 spiro atoms. The maximum Gasteiger partial charge on any atom is 0.245 e. The molecule has 0 radical (unpaired) electrons. The second-order valence-corrected chi connectivity index (χ2v) is 5.32. The highest BCUT2D eigenvalue weighted by Crippen LogP contribution is 2.16. The second kappa shape index (κ2) is 6.66. The molecule has 0 aliphatic rings. The van der Waals surface area contributed by atoms with E-state index in [4.69, 9.17) is 16.1 Å². The molecule has 1 aromatic heterocycles. The van der Waals surface area contributed by atoms with Crippen LogP contribution in [-0.2, 0) is 12.3 Å². The summed E-state index contributed by atoms with van der Waals surface area (Å²) in [5.74, 6) is 3.16. The van der Waals surface area contributed by atoms with Crippen molar-refractivity contribution in [2.45, 2.75) is 19.2 Å². The third kappa shape index (κ3) is 3.92. The van der Waals surface area contributed by atoms with Gasteiger partial charge >= 0.3 is 0 Å². The van der Waals surface area contributed by atoms with Crippen LogP contribution in [-0.4, -0.2) is 15.9 Å². The number of aromatic nitrogens is 2. The maximum absolute atomic E-state index is 5.89. The van der Waals surface area contributed by atoms with Gasteiger partial charge in [-0.2, -0.15) is 16.7 Å². The molecular weight excluding hydrogens is 270 g/mol. The lowest BCUT2D eigenvalue weighted by molar-refractivity contribution is 0.379. The van der Waals surface area contributed by atoms with Crippen LogP contribution in [0, 0.1) is 0 Å². The molecule has 0 amide bonds. The number of nitrogens with one attached hydrogen (secondary N) is 1. The van der Waals surface area contributed by atoms with E-state index in [-0.39, 0.29) is 0 Å². The van der Waals surface area contributed by atoms with Gasteiger partial charge in [0.1, 0.15) is 0 Å². The molecular formula is C12H14ClN3OS. The van der Waals surface area contributed by atoms with E-state index >= 15 is 0 Å². The summed E-state index contributed by atoms with van der Waals surface area (Å²) in [4.78, 5) is 4.29. The van der Waals surface area contributed by atoms with Crippen LogP contribution in [0.1, 0.15) is 18.6 Å². The minimum Gasteiger partial charge on any atom is -0.376 e. The van der Waals surface area contributed by atoms with Crippen LogP contribution in [0.5, 0.6) is 0 Å². The lowest BCUT2D eigenvalue weighted by Gasteiger charge is -2.02. The van der Waals surface area contributed by atoms with Crippen molar-refractivity contribution in [3.63, 3.8) is 0 Å². The molecule has 1 heterocycles. The van der Waals surface area contributed by atoms with Gasteiger partial charge < -0.3 is 9.84 Å². The van der Waals surface area contributed by atoms with Gasteiger partial charge in [0.15, 0.2) is 5.82 Å². The standard InChI is InChI=1S/C12H14ClN3OS/c1-2-18-8-11-15-12(17-16-11)7-14-10-5-3-4-9(13)6-10/h3-6,14H,2,7-8H2,1H3. The van der Waals surface area contributed by atoms with Crippen molar-refractivity contribution in [3.8, 4) is 0 Å². The lowest BCUT2D eigenvalue weighted by Crippen LogP contribution is -1.99. The Kier molecular flexibility index (Phi) is 4.90. The Morgan fingerprint density at radius 3 is 3.11 bits per heavy atom. The molecule has 0 saturated carbocycles. The Bertz CT molecular complexity index is 504.